The fraction of sp³-hybridized carbons (Fsp3) is 0.701. The number of phosphoric acid groups is 1. The summed E-state index contributed by atoms with van der Waals surface area (Å²) in [4.78, 5) is 23.4. The van der Waals surface area contributed by atoms with Gasteiger partial charge in [0.05, 0.1) is 39.9 Å². The van der Waals surface area contributed by atoms with E-state index in [2.05, 4.69) is 141 Å². The molecule has 0 saturated carbocycles. The van der Waals surface area contributed by atoms with E-state index in [4.69, 9.17) is 9.05 Å². The molecule has 0 rings (SSSR count). The van der Waals surface area contributed by atoms with Crippen LogP contribution in [0.15, 0.2) is 134 Å². The van der Waals surface area contributed by atoms with Crippen LogP contribution in [0.25, 0.3) is 0 Å². The van der Waals surface area contributed by atoms with Gasteiger partial charge in [-0.3, -0.25) is 13.8 Å². The number of allylic oxidation sites excluding steroid dienone is 21. The normalized spacial score (nSPS) is 14.5. The van der Waals surface area contributed by atoms with Crippen LogP contribution in [0.1, 0.15) is 296 Å². The lowest BCUT2D eigenvalue weighted by Crippen LogP contribution is -2.45. The van der Waals surface area contributed by atoms with Gasteiger partial charge in [0.1, 0.15) is 13.2 Å². The van der Waals surface area contributed by atoms with Crippen LogP contribution in [0.2, 0.25) is 0 Å². The largest absolute Gasteiger partial charge is 0.472 e. The zero-order chi connectivity index (χ0) is 62.6. The predicted molar refractivity (Wildman–Crippen MR) is 378 cm³/mol. The second kappa shape index (κ2) is 66.1. The third-order valence-electron chi connectivity index (χ3n) is 15.4. The van der Waals surface area contributed by atoms with Gasteiger partial charge in [0.25, 0.3) is 0 Å². The maximum Gasteiger partial charge on any atom is 0.472 e. The number of unbranched alkanes of at least 4 members (excludes halogenated alkanes) is 31. The number of aliphatic hydroxyl groups excluding tert-OH is 1. The number of likely N-dealkylation sites (N-methyl/N-ethyl adjacent to an activating group) is 1. The quantitative estimate of drug-likeness (QED) is 0.0243. The van der Waals surface area contributed by atoms with Crippen LogP contribution in [-0.4, -0.2) is 73.4 Å². The predicted octanol–water partition coefficient (Wildman–Crippen LogP) is 23.0. The number of phosphoric ester groups is 1. The number of aliphatic hydroxyl groups is 1. The molecule has 0 aliphatic carbocycles. The smallest absolute Gasteiger partial charge is 0.387 e. The number of amides is 1. The fourth-order valence-electron chi connectivity index (χ4n) is 9.88. The monoisotopic (exact) mass is 1220 g/mol. The summed E-state index contributed by atoms with van der Waals surface area (Å²) in [6, 6.07) is -0.882. The molecule has 3 atom stereocenters. The number of carbonyl (C=O) groups is 1. The highest BCUT2D eigenvalue weighted by Crippen LogP contribution is 2.43. The van der Waals surface area contributed by atoms with Crippen LogP contribution in [0.5, 0.6) is 0 Å². The first-order valence-corrected chi connectivity index (χ1v) is 37.1. The van der Waals surface area contributed by atoms with Gasteiger partial charge >= 0.3 is 7.82 Å². The second-order valence-corrected chi connectivity index (χ2v) is 26.3. The molecule has 0 aliphatic heterocycles. The highest BCUT2D eigenvalue weighted by molar-refractivity contribution is 7.47. The molecule has 0 spiro atoms. The third kappa shape index (κ3) is 68.1. The Morgan fingerprint density at radius 2 is 0.709 bits per heavy atom. The summed E-state index contributed by atoms with van der Waals surface area (Å²) in [6.07, 6.45) is 100. The molecule has 0 bridgehead atoms. The van der Waals surface area contributed by atoms with Crippen molar-refractivity contribution in [1.82, 2.24) is 5.32 Å². The number of carbonyl (C=O) groups excluding carboxylic acids is 1. The minimum absolute atomic E-state index is 0.0472. The van der Waals surface area contributed by atoms with Crippen molar-refractivity contribution in [2.24, 2.45) is 0 Å². The topological polar surface area (TPSA) is 105 Å². The van der Waals surface area contributed by atoms with Crippen LogP contribution >= 0.6 is 7.82 Å². The molecule has 0 radical (unpaired) electrons. The number of nitrogens with zero attached hydrogens (tertiary/aromatic N) is 1. The number of nitrogens with one attached hydrogen (secondary N) is 1. The summed E-state index contributed by atoms with van der Waals surface area (Å²) in [6.45, 7) is 4.69. The van der Waals surface area contributed by atoms with Crippen molar-refractivity contribution >= 4 is 13.7 Å². The van der Waals surface area contributed by atoms with Gasteiger partial charge < -0.3 is 19.8 Å². The van der Waals surface area contributed by atoms with E-state index in [0.29, 0.717) is 17.4 Å². The lowest BCUT2D eigenvalue weighted by Gasteiger charge is -2.25. The van der Waals surface area contributed by atoms with E-state index in [1.54, 1.807) is 6.08 Å². The summed E-state index contributed by atoms with van der Waals surface area (Å²) >= 11 is 0. The van der Waals surface area contributed by atoms with Gasteiger partial charge in [-0.25, -0.2) is 4.57 Å². The van der Waals surface area contributed by atoms with Crippen molar-refractivity contribution in [2.75, 3.05) is 40.9 Å². The van der Waals surface area contributed by atoms with Gasteiger partial charge in [0.2, 0.25) is 5.91 Å². The molecule has 9 heteroatoms. The molecular weight excluding hydrogens is 1080 g/mol. The SMILES string of the molecule is CC/C=C\C/C=C\C/C=C\C/C=C\C/C=C\C/C=C\C/C=C\C/C=C\C/C=C\CCCCCCCCCC(=O)NC(COP(=O)(O)OCC[N+](C)(C)C)C(O)/C=C/CC/C=C/CCCCCCCCCCCCCCCCCCCCCCCCC. The molecule has 0 aromatic rings. The van der Waals surface area contributed by atoms with Crippen molar-refractivity contribution in [3.8, 4) is 0 Å². The van der Waals surface area contributed by atoms with Gasteiger partial charge in [0, 0.05) is 6.42 Å². The first-order valence-electron chi connectivity index (χ1n) is 35.6. The average molecular weight is 1220 g/mol. The Hall–Kier alpha value is -3.36. The molecule has 0 aliphatic rings. The van der Waals surface area contributed by atoms with E-state index in [-0.39, 0.29) is 19.1 Å². The zero-order valence-electron chi connectivity index (χ0n) is 56.5. The van der Waals surface area contributed by atoms with Crippen LogP contribution in [0.3, 0.4) is 0 Å². The molecule has 1 amide bonds. The second-order valence-electron chi connectivity index (χ2n) is 24.9. The van der Waals surface area contributed by atoms with E-state index < -0.39 is 20.0 Å². The number of quaternary nitrogens is 1. The minimum Gasteiger partial charge on any atom is -0.387 e. The molecule has 3 N–H and O–H groups in total. The van der Waals surface area contributed by atoms with Crippen molar-refractivity contribution in [3.05, 3.63) is 134 Å². The van der Waals surface area contributed by atoms with E-state index in [9.17, 15) is 19.4 Å². The summed E-state index contributed by atoms with van der Waals surface area (Å²) in [5.74, 6) is -0.201. The first kappa shape index (κ1) is 82.6. The van der Waals surface area contributed by atoms with Gasteiger partial charge in [-0.05, 0) is 103 Å². The molecule has 0 heterocycles. The Morgan fingerprint density at radius 3 is 1.07 bits per heavy atom. The minimum atomic E-state index is -4.38. The Balaban J connectivity index is 4.19. The van der Waals surface area contributed by atoms with Crippen molar-refractivity contribution in [1.29, 1.82) is 0 Å². The maximum absolute atomic E-state index is 13.1. The van der Waals surface area contributed by atoms with Crippen LogP contribution in [-0.2, 0) is 18.4 Å². The Bertz CT molecular complexity index is 1870. The van der Waals surface area contributed by atoms with Crippen LogP contribution in [0.4, 0.5) is 0 Å². The molecule has 86 heavy (non-hydrogen) atoms. The average Bonchev–Trinajstić information content (AvgIpc) is 3.70. The van der Waals surface area contributed by atoms with Crippen molar-refractivity contribution in [2.45, 2.75) is 309 Å². The first-order chi connectivity index (χ1) is 42.0. The Kier molecular flexibility index (Phi) is 63.5. The zero-order valence-corrected chi connectivity index (χ0v) is 57.4. The van der Waals surface area contributed by atoms with Crippen molar-refractivity contribution in [3.63, 3.8) is 0 Å². The summed E-state index contributed by atoms with van der Waals surface area (Å²) < 4.78 is 23.8. The molecular formula is C77H136N2O6P+. The highest BCUT2D eigenvalue weighted by Gasteiger charge is 2.28. The molecule has 0 saturated heterocycles. The van der Waals surface area contributed by atoms with Gasteiger partial charge in [0.15, 0.2) is 0 Å². The highest BCUT2D eigenvalue weighted by atomic mass is 31.2. The number of hydrogen-bond donors (Lipinski definition) is 3. The van der Waals surface area contributed by atoms with Crippen molar-refractivity contribution < 1.29 is 32.9 Å². The standard InChI is InChI=1S/C77H135N2O6P/c1-6-8-10-12-14-16-18-20-22-24-26-28-30-32-34-36-37-38-39-40-41-43-45-47-49-51-53-55-57-59-61-63-65-67-69-71-77(81)78-75(74-85-86(82,83)84-73-72-79(3,4)5)76(80)70-68-66-64-62-60-58-56-54-52-50-48-46-44-42-35-33-31-29-27-25-23-21-19-17-15-13-11-9-7-2/h8,10,14,16,20,22,26,28,32,34,37-38,40-41,45,47,51,53,60,62,68,70,75-76,80H,6-7,9,11-13,15,17-19,21,23-25,27,29-31,33,35-36,39,42-44,46,48-50,52,54-59,61,63-67,69,71-74H2,1-5H3,(H-,78,81,82,83)/p+1/b10-8-,16-14-,22-20-,28-26-,34-32-,38-37-,41-40-,47-45-,53-51-,62-60+,70-68+. The molecule has 494 valence electrons. The number of rotatable bonds is 64. The Morgan fingerprint density at radius 1 is 0.407 bits per heavy atom. The maximum atomic E-state index is 13.1. The molecule has 0 fully saturated rings. The summed E-state index contributed by atoms with van der Waals surface area (Å²) in [5, 5.41) is 14.0. The third-order valence-corrected chi connectivity index (χ3v) is 16.3. The molecule has 0 aromatic heterocycles. The van der Waals surface area contributed by atoms with Gasteiger partial charge in [-0.2, -0.15) is 0 Å². The fourth-order valence-corrected chi connectivity index (χ4v) is 10.6. The molecule has 0 aromatic carbocycles. The lowest BCUT2D eigenvalue weighted by molar-refractivity contribution is -0.870. The van der Waals surface area contributed by atoms with E-state index in [1.165, 1.54) is 167 Å². The molecule has 8 nitrogen and oxygen atoms in total. The van der Waals surface area contributed by atoms with Crippen LogP contribution < -0.4 is 5.32 Å². The van der Waals surface area contributed by atoms with E-state index in [1.807, 2.05) is 27.2 Å². The van der Waals surface area contributed by atoms with E-state index >= 15 is 0 Å². The van der Waals surface area contributed by atoms with Crippen LogP contribution in [0, 0.1) is 0 Å². The van der Waals surface area contributed by atoms with E-state index in [0.717, 1.165) is 109 Å². The van der Waals surface area contributed by atoms with Gasteiger partial charge in [-0.15, -0.1) is 0 Å². The summed E-state index contributed by atoms with van der Waals surface area (Å²) in [7, 11) is 1.53. The van der Waals surface area contributed by atoms with Gasteiger partial charge in [-0.1, -0.05) is 321 Å². The lowest BCUT2D eigenvalue weighted by atomic mass is 10.0. The molecule has 3 unspecified atom stereocenters. The number of hydrogen-bond acceptors (Lipinski definition) is 5. The Labute approximate surface area is 532 Å². The summed E-state index contributed by atoms with van der Waals surface area (Å²) in [5.41, 5.74) is 0.